The second-order valence-electron chi connectivity index (χ2n) is 6.74. The lowest BCUT2D eigenvalue weighted by Gasteiger charge is -2.26. The fourth-order valence-corrected chi connectivity index (χ4v) is 3.40. The number of hydrogen-bond donors (Lipinski definition) is 2. The molecule has 0 radical (unpaired) electrons. The average Bonchev–Trinajstić information content (AvgIpc) is 3.11. The summed E-state index contributed by atoms with van der Waals surface area (Å²) >= 11 is 0. The molecule has 2 aromatic rings. The lowest BCUT2D eigenvalue weighted by atomic mass is 10.1. The number of nitrogens with one attached hydrogen (secondary N) is 3. The summed E-state index contributed by atoms with van der Waals surface area (Å²) in [5.74, 6) is -1.38. The molecule has 0 saturated heterocycles. The molecule has 3 N–H and O–H groups in total. The molecule has 0 saturated carbocycles. The normalized spacial score (nSPS) is 18.8. The smallest absolute Gasteiger partial charge is 0.355 e. The highest BCUT2D eigenvalue weighted by atomic mass is 19.4. The van der Waals surface area contributed by atoms with Crippen molar-refractivity contribution in [3.63, 3.8) is 0 Å². The van der Waals surface area contributed by atoms with Gasteiger partial charge in [-0.1, -0.05) is 24.3 Å². The maximum atomic E-state index is 13.7. The third-order valence-corrected chi connectivity index (χ3v) is 4.74. The number of aromatic nitrogens is 1. The standard InChI is InChI=1S/C21H16F4N4O/c22-14-7-5-6-13(12-14)19-27-17(16-9-2-4-11-29(16)19)20(30)28-18(21(23,24)25)15-8-1-3-10-26-15/h1-12,18-19,27H,(H,28,30)/p+1. The van der Waals surface area contributed by atoms with E-state index in [0.717, 1.165) is 0 Å². The number of H-pyrrole nitrogens is 1. The van der Waals surface area contributed by atoms with Gasteiger partial charge in [0.1, 0.15) is 17.7 Å². The van der Waals surface area contributed by atoms with E-state index < -0.39 is 30.1 Å². The highest BCUT2D eigenvalue weighted by Crippen LogP contribution is 2.35. The van der Waals surface area contributed by atoms with E-state index in [1.54, 1.807) is 41.5 Å². The van der Waals surface area contributed by atoms with E-state index in [2.05, 4.69) is 15.6 Å². The summed E-state index contributed by atoms with van der Waals surface area (Å²) in [6.07, 6.45) is 2.68. The van der Waals surface area contributed by atoms with E-state index in [1.165, 1.54) is 36.5 Å². The van der Waals surface area contributed by atoms with Crippen molar-refractivity contribution >= 4 is 5.91 Å². The summed E-state index contributed by atoms with van der Waals surface area (Å²) < 4.78 is 54.6. The molecular formula is C21H17F4N4O+. The summed E-state index contributed by atoms with van der Waals surface area (Å²) in [4.78, 5) is 17.1. The number of amides is 1. The summed E-state index contributed by atoms with van der Waals surface area (Å²) in [6.45, 7) is 0. The number of allylic oxidation sites excluding steroid dienone is 3. The first kappa shape index (κ1) is 19.7. The van der Waals surface area contributed by atoms with Crippen molar-refractivity contribution in [2.75, 3.05) is 0 Å². The highest BCUT2D eigenvalue weighted by molar-refractivity contribution is 5.95. The number of fused-ring (bicyclic) bond motifs is 1. The van der Waals surface area contributed by atoms with Gasteiger partial charge in [-0.3, -0.25) is 4.79 Å². The molecule has 5 nitrogen and oxygen atoms in total. The minimum absolute atomic E-state index is 0.0324. The minimum atomic E-state index is -4.71. The van der Waals surface area contributed by atoms with Crippen LogP contribution in [0.15, 0.2) is 84.5 Å². The van der Waals surface area contributed by atoms with E-state index in [4.69, 9.17) is 0 Å². The Morgan fingerprint density at radius 3 is 2.70 bits per heavy atom. The van der Waals surface area contributed by atoms with Crippen LogP contribution in [0.3, 0.4) is 0 Å². The van der Waals surface area contributed by atoms with Crippen LogP contribution in [0.4, 0.5) is 17.6 Å². The van der Waals surface area contributed by atoms with Crippen LogP contribution < -0.4 is 15.6 Å². The zero-order valence-corrected chi connectivity index (χ0v) is 15.5. The van der Waals surface area contributed by atoms with Gasteiger partial charge in [0, 0.05) is 18.3 Å². The summed E-state index contributed by atoms with van der Waals surface area (Å²) in [6, 6.07) is 7.82. The Bertz CT molecular complexity index is 1050. The molecule has 0 fully saturated rings. The monoisotopic (exact) mass is 417 g/mol. The molecule has 3 heterocycles. The number of rotatable bonds is 4. The maximum Gasteiger partial charge on any atom is 0.418 e. The minimum Gasteiger partial charge on any atom is -0.355 e. The van der Waals surface area contributed by atoms with Crippen LogP contribution in [0.25, 0.3) is 0 Å². The van der Waals surface area contributed by atoms with Gasteiger partial charge in [-0.05, 0) is 29.8 Å². The van der Waals surface area contributed by atoms with E-state index in [9.17, 15) is 22.4 Å². The zero-order chi connectivity index (χ0) is 21.3. The quantitative estimate of drug-likeness (QED) is 0.751. The van der Waals surface area contributed by atoms with Crippen molar-refractivity contribution in [2.24, 2.45) is 0 Å². The molecule has 1 aromatic carbocycles. The molecule has 2 aliphatic heterocycles. The number of carbonyl (C=O) groups excluding carboxylic acids is 1. The van der Waals surface area contributed by atoms with Gasteiger partial charge in [-0.2, -0.15) is 13.2 Å². The van der Waals surface area contributed by atoms with E-state index in [-0.39, 0.29) is 11.4 Å². The molecule has 1 amide bonds. The fraction of sp³-hybridized carbons (Fsp3) is 0.143. The predicted octanol–water partition coefficient (Wildman–Crippen LogP) is 3.26. The Morgan fingerprint density at radius 2 is 2.00 bits per heavy atom. The van der Waals surface area contributed by atoms with Gasteiger partial charge in [-0.15, -0.1) is 0 Å². The molecule has 1 aromatic heterocycles. The molecule has 154 valence electrons. The molecular weight excluding hydrogens is 400 g/mol. The number of halogens is 4. The third kappa shape index (κ3) is 3.78. The maximum absolute atomic E-state index is 13.7. The van der Waals surface area contributed by atoms with E-state index >= 15 is 0 Å². The van der Waals surface area contributed by atoms with Gasteiger partial charge in [0.15, 0.2) is 6.20 Å². The molecule has 0 aliphatic carbocycles. The van der Waals surface area contributed by atoms with Gasteiger partial charge in [0.05, 0.1) is 5.70 Å². The Balaban J connectivity index is 1.64. The molecule has 4 rings (SSSR count). The number of carbonyl (C=O) groups is 1. The number of benzene rings is 1. The van der Waals surface area contributed by atoms with E-state index in [1.807, 2.05) is 0 Å². The van der Waals surface area contributed by atoms with Crippen molar-refractivity contribution in [1.82, 2.24) is 15.5 Å². The van der Waals surface area contributed by atoms with Crippen LogP contribution in [-0.2, 0) is 4.79 Å². The van der Waals surface area contributed by atoms with Gasteiger partial charge in [0.2, 0.25) is 11.7 Å². The molecule has 30 heavy (non-hydrogen) atoms. The Hall–Kier alpha value is -3.62. The average molecular weight is 417 g/mol. The van der Waals surface area contributed by atoms with Crippen LogP contribution in [-0.4, -0.2) is 17.0 Å². The summed E-state index contributed by atoms with van der Waals surface area (Å²) in [7, 11) is 0. The predicted molar refractivity (Wildman–Crippen MR) is 99.4 cm³/mol. The number of alkyl halides is 3. The number of nitrogens with zero attached hydrogens (tertiary/aromatic N) is 1. The number of hydrogen-bond acceptors (Lipinski definition) is 3. The van der Waals surface area contributed by atoms with Gasteiger partial charge in [0.25, 0.3) is 5.91 Å². The Kier molecular flexibility index (Phi) is 5.03. The third-order valence-electron chi connectivity index (χ3n) is 4.74. The van der Waals surface area contributed by atoms with Gasteiger partial charge in [-0.25, -0.2) is 9.37 Å². The van der Waals surface area contributed by atoms with Crippen molar-refractivity contribution in [3.05, 3.63) is 102 Å². The first-order valence-electron chi connectivity index (χ1n) is 9.08. The Morgan fingerprint density at radius 1 is 1.17 bits per heavy atom. The molecule has 2 aliphatic rings. The van der Waals surface area contributed by atoms with Crippen molar-refractivity contribution in [3.8, 4) is 0 Å². The lowest BCUT2D eigenvalue weighted by Crippen LogP contribution is -2.43. The Labute approximate surface area is 169 Å². The number of pyridine rings is 1. The summed E-state index contributed by atoms with van der Waals surface area (Å²) in [5.41, 5.74) is 0.691. The van der Waals surface area contributed by atoms with Crippen molar-refractivity contribution in [1.29, 1.82) is 0 Å². The van der Waals surface area contributed by atoms with Crippen LogP contribution in [0.5, 0.6) is 0 Å². The van der Waals surface area contributed by atoms with Crippen LogP contribution in [0, 0.1) is 5.82 Å². The number of aromatic amines is 1. The van der Waals surface area contributed by atoms with E-state index in [0.29, 0.717) is 11.3 Å². The zero-order valence-electron chi connectivity index (χ0n) is 15.5. The summed E-state index contributed by atoms with van der Waals surface area (Å²) in [5, 5.41) is 4.99. The van der Waals surface area contributed by atoms with Crippen LogP contribution in [0.2, 0.25) is 0 Å². The largest absolute Gasteiger partial charge is 0.418 e. The first-order valence-corrected chi connectivity index (χ1v) is 9.08. The topological polar surface area (TPSA) is 58.5 Å². The molecule has 9 heteroatoms. The molecule has 2 atom stereocenters. The van der Waals surface area contributed by atoms with Gasteiger partial charge >= 0.3 is 6.18 Å². The second kappa shape index (κ2) is 7.66. The molecule has 0 spiro atoms. The molecule has 0 bridgehead atoms. The fourth-order valence-electron chi connectivity index (χ4n) is 3.40. The van der Waals surface area contributed by atoms with Crippen molar-refractivity contribution in [2.45, 2.75) is 18.4 Å². The molecule has 2 unspecified atom stereocenters. The highest BCUT2D eigenvalue weighted by Gasteiger charge is 2.47. The van der Waals surface area contributed by atoms with Gasteiger partial charge < -0.3 is 15.5 Å². The van der Waals surface area contributed by atoms with Crippen LogP contribution >= 0.6 is 0 Å². The lowest BCUT2D eigenvalue weighted by molar-refractivity contribution is -0.401. The second-order valence-corrected chi connectivity index (χ2v) is 6.74. The van der Waals surface area contributed by atoms with Crippen LogP contribution in [0.1, 0.15) is 23.5 Å². The SMILES string of the molecule is O=C(NC(c1cccc[nH+]1)C(F)(F)F)C1=C2C=CC=CN2C(c2cccc(F)c2)N1. The van der Waals surface area contributed by atoms with Crippen molar-refractivity contribution < 1.29 is 27.3 Å². The first-order chi connectivity index (χ1) is 14.3.